The van der Waals surface area contributed by atoms with Crippen molar-refractivity contribution in [1.29, 1.82) is 0 Å². The third-order valence-corrected chi connectivity index (χ3v) is 7.51. The number of aromatic nitrogens is 2. The Kier molecular flexibility index (Phi) is 7.11. The van der Waals surface area contributed by atoms with Gasteiger partial charge in [-0.2, -0.15) is 0 Å². The lowest BCUT2D eigenvalue weighted by Gasteiger charge is -2.35. The average molecular weight is 499 g/mol. The van der Waals surface area contributed by atoms with E-state index in [-0.39, 0.29) is 23.9 Å². The van der Waals surface area contributed by atoms with Crippen LogP contribution in [0.15, 0.2) is 29.3 Å². The van der Waals surface area contributed by atoms with Crippen molar-refractivity contribution in [1.82, 2.24) is 14.5 Å². The fourth-order valence-electron chi connectivity index (χ4n) is 4.68. The highest BCUT2D eigenvalue weighted by Gasteiger charge is 2.26. The summed E-state index contributed by atoms with van der Waals surface area (Å²) >= 11 is 1.15. The molecule has 10 heteroatoms. The maximum absolute atomic E-state index is 13.3. The molecule has 0 saturated carbocycles. The minimum atomic E-state index is -0.368. The Bertz CT molecular complexity index is 1320. The van der Waals surface area contributed by atoms with Crippen LogP contribution in [-0.4, -0.2) is 53.6 Å². The molecule has 1 aromatic carbocycles. The zero-order chi connectivity index (χ0) is 25.3. The number of carbonyl (C=O) groups excluding carboxylic acids is 2. The molecule has 0 bridgehead atoms. The Labute approximate surface area is 207 Å². The van der Waals surface area contributed by atoms with E-state index in [1.54, 1.807) is 32.2 Å². The van der Waals surface area contributed by atoms with Crippen LogP contribution in [0, 0.1) is 18.8 Å². The lowest BCUT2D eigenvalue weighted by Crippen LogP contribution is -2.44. The van der Waals surface area contributed by atoms with Crippen molar-refractivity contribution in [3.8, 4) is 11.5 Å². The van der Waals surface area contributed by atoms with E-state index in [1.165, 1.54) is 18.0 Å². The number of carbonyl (C=O) groups is 2. The van der Waals surface area contributed by atoms with Gasteiger partial charge in [-0.1, -0.05) is 13.8 Å². The lowest BCUT2D eigenvalue weighted by molar-refractivity contribution is -0.134. The number of hydrogen-bond donors (Lipinski definition) is 1. The molecule has 4 rings (SSSR count). The van der Waals surface area contributed by atoms with Crippen LogP contribution in [-0.2, 0) is 11.3 Å². The number of ether oxygens (including phenoxy) is 2. The molecule has 0 aliphatic carbocycles. The zero-order valence-electron chi connectivity index (χ0n) is 20.6. The summed E-state index contributed by atoms with van der Waals surface area (Å²) in [6.07, 6.45) is 2.49. The first-order valence-electron chi connectivity index (χ1n) is 11.5. The fraction of sp³-hybridized carbons (Fsp3) is 0.440. The van der Waals surface area contributed by atoms with Crippen molar-refractivity contribution < 1.29 is 19.1 Å². The number of nitrogens with one attached hydrogen (secondary N) is 1. The Morgan fingerprint density at radius 2 is 1.89 bits per heavy atom. The van der Waals surface area contributed by atoms with Crippen LogP contribution in [0.1, 0.15) is 35.5 Å². The smallest absolute Gasteiger partial charge is 0.266 e. The Balaban J connectivity index is 1.59. The van der Waals surface area contributed by atoms with E-state index < -0.39 is 0 Å². The molecule has 0 spiro atoms. The second kappa shape index (κ2) is 10.1. The molecule has 2 aromatic heterocycles. The summed E-state index contributed by atoms with van der Waals surface area (Å²) in [7, 11) is 3.06. The third-order valence-electron chi connectivity index (χ3n) is 6.31. The van der Waals surface area contributed by atoms with Gasteiger partial charge in [0.25, 0.3) is 11.5 Å². The largest absolute Gasteiger partial charge is 0.497 e. The third kappa shape index (κ3) is 5.02. The number of hydrogen-bond acceptors (Lipinski definition) is 7. The molecule has 1 aliphatic heterocycles. The Hall–Kier alpha value is -3.40. The fourth-order valence-corrected chi connectivity index (χ4v) is 5.72. The molecule has 0 radical (unpaired) electrons. The maximum Gasteiger partial charge on any atom is 0.266 e. The lowest BCUT2D eigenvalue weighted by atomic mass is 9.92. The van der Waals surface area contributed by atoms with E-state index in [1.807, 2.05) is 4.90 Å². The van der Waals surface area contributed by atoms with Gasteiger partial charge in [-0.05, 0) is 42.9 Å². The standard InChI is InChI=1S/C25H30N4O5S/c1-14-8-15(2)11-28(10-14)20(30)12-29-13-26-24-21(25(29)32)16(3)22(35-24)23(31)27-18-7-6-17(33-4)9-19(18)34-5/h6-7,9,13-15H,8,10-12H2,1-5H3,(H,27,31)/t14-,15+. The van der Waals surface area contributed by atoms with E-state index >= 15 is 0 Å². The van der Waals surface area contributed by atoms with Gasteiger partial charge in [-0.25, -0.2) is 4.98 Å². The molecule has 1 fully saturated rings. The van der Waals surface area contributed by atoms with Crippen molar-refractivity contribution in [2.45, 2.75) is 33.7 Å². The van der Waals surface area contributed by atoms with Gasteiger partial charge in [0.2, 0.25) is 5.91 Å². The summed E-state index contributed by atoms with van der Waals surface area (Å²) in [5, 5.41) is 3.20. The van der Waals surface area contributed by atoms with E-state index in [2.05, 4.69) is 24.1 Å². The maximum atomic E-state index is 13.3. The minimum absolute atomic E-state index is 0.0684. The monoisotopic (exact) mass is 498 g/mol. The minimum Gasteiger partial charge on any atom is -0.497 e. The number of aryl methyl sites for hydroxylation is 1. The summed E-state index contributed by atoms with van der Waals surface area (Å²) in [5.74, 6) is 1.47. The number of anilines is 1. The van der Waals surface area contributed by atoms with Gasteiger partial charge >= 0.3 is 0 Å². The average Bonchev–Trinajstić information content (AvgIpc) is 3.17. The highest BCUT2D eigenvalue weighted by Crippen LogP contribution is 2.32. The number of piperidine rings is 1. The van der Waals surface area contributed by atoms with E-state index in [0.29, 0.717) is 62.8 Å². The molecular weight excluding hydrogens is 468 g/mol. The highest BCUT2D eigenvalue weighted by atomic mass is 32.1. The number of thiophene rings is 1. The van der Waals surface area contributed by atoms with Gasteiger partial charge < -0.3 is 19.7 Å². The summed E-state index contributed by atoms with van der Waals surface area (Å²) in [5.41, 5.74) is 0.696. The van der Waals surface area contributed by atoms with E-state index in [4.69, 9.17) is 9.47 Å². The topological polar surface area (TPSA) is 103 Å². The van der Waals surface area contributed by atoms with Crippen molar-refractivity contribution in [3.05, 3.63) is 45.3 Å². The van der Waals surface area contributed by atoms with Crippen LogP contribution in [0.25, 0.3) is 10.2 Å². The van der Waals surface area contributed by atoms with Gasteiger partial charge in [-0.15, -0.1) is 11.3 Å². The molecule has 1 aliphatic rings. The molecular formula is C25H30N4O5S. The summed E-state index contributed by atoms with van der Waals surface area (Å²) in [6.45, 7) is 7.33. The number of benzene rings is 1. The van der Waals surface area contributed by atoms with Crippen LogP contribution >= 0.6 is 11.3 Å². The zero-order valence-corrected chi connectivity index (χ0v) is 21.4. The second-order valence-electron chi connectivity index (χ2n) is 9.18. The van der Waals surface area contributed by atoms with Crippen LogP contribution < -0.4 is 20.3 Å². The summed E-state index contributed by atoms with van der Waals surface area (Å²) < 4.78 is 11.9. The molecule has 186 valence electrons. The Morgan fingerprint density at radius 1 is 1.17 bits per heavy atom. The van der Waals surface area contributed by atoms with Gasteiger partial charge in [0.1, 0.15) is 22.9 Å². The first kappa shape index (κ1) is 24.7. The molecule has 3 heterocycles. The number of methoxy groups -OCH3 is 2. The quantitative estimate of drug-likeness (QED) is 0.558. The van der Waals surface area contributed by atoms with E-state index in [0.717, 1.165) is 17.8 Å². The predicted molar refractivity (Wildman–Crippen MR) is 136 cm³/mol. The number of rotatable bonds is 6. The Morgan fingerprint density at radius 3 is 2.54 bits per heavy atom. The normalized spacial score (nSPS) is 17.9. The van der Waals surface area contributed by atoms with Crippen molar-refractivity contribution in [2.24, 2.45) is 11.8 Å². The van der Waals surface area contributed by atoms with Crippen molar-refractivity contribution in [2.75, 3.05) is 32.6 Å². The van der Waals surface area contributed by atoms with Crippen LogP contribution in [0.3, 0.4) is 0 Å². The molecule has 1 saturated heterocycles. The number of fused-ring (bicyclic) bond motifs is 1. The second-order valence-corrected chi connectivity index (χ2v) is 10.2. The molecule has 1 N–H and O–H groups in total. The molecule has 35 heavy (non-hydrogen) atoms. The van der Waals surface area contributed by atoms with Gasteiger partial charge in [0, 0.05) is 19.2 Å². The molecule has 0 unspecified atom stereocenters. The van der Waals surface area contributed by atoms with Gasteiger partial charge in [0.15, 0.2) is 0 Å². The highest BCUT2D eigenvalue weighted by molar-refractivity contribution is 7.20. The molecule has 2 atom stereocenters. The number of amides is 2. The predicted octanol–water partition coefficient (Wildman–Crippen LogP) is 3.54. The number of likely N-dealkylation sites (tertiary alicyclic amines) is 1. The first-order valence-corrected chi connectivity index (χ1v) is 12.3. The molecule has 2 amide bonds. The van der Waals surface area contributed by atoms with Gasteiger partial charge in [0.05, 0.1) is 36.5 Å². The van der Waals surface area contributed by atoms with Crippen LogP contribution in [0.5, 0.6) is 11.5 Å². The van der Waals surface area contributed by atoms with E-state index in [9.17, 15) is 14.4 Å². The summed E-state index contributed by atoms with van der Waals surface area (Å²) in [4.78, 5) is 46.3. The molecule has 9 nitrogen and oxygen atoms in total. The number of nitrogens with zero attached hydrogens (tertiary/aromatic N) is 3. The van der Waals surface area contributed by atoms with Gasteiger partial charge in [-0.3, -0.25) is 19.0 Å². The van der Waals surface area contributed by atoms with Crippen LogP contribution in [0.4, 0.5) is 5.69 Å². The van der Waals surface area contributed by atoms with Crippen LogP contribution in [0.2, 0.25) is 0 Å². The van der Waals surface area contributed by atoms with Crippen molar-refractivity contribution >= 4 is 39.1 Å². The summed E-state index contributed by atoms with van der Waals surface area (Å²) in [6, 6.07) is 5.09. The SMILES string of the molecule is COc1ccc(NC(=O)c2sc3ncn(CC(=O)N4C[C@H](C)C[C@H](C)C4)c(=O)c3c2C)c(OC)c1. The molecule has 3 aromatic rings. The van der Waals surface area contributed by atoms with Crippen molar-refractivity contribution in [3.63, 3.8) is 0 Å². The first-order chi connectivity index (χ1) is 16.7.